The van der Waals surface area contributed by atoms with Gasteiger partial charge in [-0.15, -0.1) is 0 Å². The lowest BCUT2D eigenvalue weighted by atomic mass is 9.61. The van der Waals surface area contributed by atoms with E-state index in [2.05, 4.69) is 26.8 Å². The first kappa shape index (κ1) is 22.7. The summed E-state index contributed by atoms with van der Waals surface area (Å²) < 4.78 is 18.4. The topological polar surface area (TPSA) is 85.2 Å². The number of aliphatic hydroxyl groups excluding tert-OH is 1. The third-order valence-corrected chi connectivity index (χ3v) is 7.53. The SMILES string of the molecule is COC1C=C(C)C2C3CC(C)(O)C(O)CCC(C)(OC(C)=O)C(O3)C2C1C(C)C. The minimum atomic E-state index is -1.27. The van der Waals surface area contributed by atoms with Gasteiger partial charge in [0.2, 0.25) is 0 Å². The van der Waals surface area contributed by atoms with Gasteiger partial charge in [-0.05, 0) is 45.4 Å². The summed E-state index contributed by atoms with van der Waals surface area (Å²) in [6.07, 6.45) is 1.79. The van der Waals surface area contributed by atoms with E-state index in [0.717, 1.165) is 0 Å². The van der Waals surface area contributed by atoms with Crippen molar-refractivity contribution in [1.29, 1.82) is 0 Å². The molecule has 9 atom stereocenters. The Labute approximate surface area is 174 Å². The number of aliphatic hydroxyl groups is 2. The highest BCUT2D eigenvalue weighted by Crippen LogP contribution is 2.55. The van der Waals surface area contributed by atoms with Crippen LogP contribution in [0.3, 0.4) is 0 Å². The van der Waals surface area contributed by atoms with Gasteiger partial charge in [0, 0.05) is 32.3 Å². The minimum absolute atomic E-state index is 0.0308. The van der Waals surface area contributed by atoms with Crippen LogP contribution in [0.2, 0.25) is 0 Å². The van der Waals surface area contributed by atoms with Crippen molar-refractivity contribution in [3.05, 3.63) is 11.6 Å². The van der Waals surface area contributed by atoms with Gasteiger partial charge in [0.15, 0.2) is 0 Å². The zero-order valence-corrected chi connectivity index (χ0v) is 18.8. The van der Waals surface area contributed by atoms with Crippen molar-refractivity contribution >= 4 is 5.97 Å². The molecular weight excluding hydrogens is 372 g/mol. The summed E-state index contributed by atoms with van der Waals surface area (Å²) >= 11 is 0. The monoisotopic (exact) mass is 410 g/mol. The van der Waals surface area contributed by atoms with Crippen molar-refractivity contribution in [2.45, 2.75) is 96.4 Å². The van der Waals surface area contributed by atoms with Gasteiger partial charge in [0.25, 0.3) is 0 Å². The lowest BCUT2D eigenvalue weighted by molar-refractivity contribution is -0.180. The molecule has 0 spiro atoms. The zero-order valence-electron chi connectivity index (χ0n) is 18.8. The molecule has 6 heteroatoms. The van der Waals surface area contributed by atoms with Crippen LogP contribution in [0.4, 0.5) is 0 Å². The summed E-state index contributed by atoms with van der Waals surface area (Å²) in [6.45, 7) is 11.5. The van der Waals surface area contributed by atoms with E-state index in [4.69, 9.17) is 14.2 Å². The molecule has 2 fully saturated rings. The maximum absolute atomic E-state index is 12.0. The summed E-state index contributed by atoms with van der Waals surface area (Å²) in [5, 5.41) is 21.7. The average molecular weight is 411 g/mol. The predicted octanol–water partition coefficient (Wildman–Crippen LogP) is 2.85. The molecule has 3 aliphatic rings. The normalized spacial score (nSPS) is 47.7. The van der Waals surface area contributed by atoms with E-state index >= 15 is 0 Å². The summed E-state index contributed by atoms with van der Waals surface area (Å²) in [5.41, 5.74) is -0.965. The highest BCUT2D eigenvalue weighted by Gasteiger charge is 2.61. The molecule has 0 saturated carbocycles. The van der Waals surface area contributed by atoms with Gasteiger partial charge in [0.1, 0.15) is 11.7 Å². The Morgan fingerprint density at radius 1 is 1.34 bits per heavy atom. The van der Waals surface area contributed by atoms with E-state index < -0.39 is 17.3 Å². The maximum atomic E-state index is 12.0. The third-order valence-electron chi connectivity index (χ3n) is 7.53. The van der Waals surface area contributed by atoms with E-state index in [1.807, 2.05) is 6.92 Å². The molecule has 2 aliphatic heterocycles. The smallest absolute Gasteiger partial charge is 0.303 e. The summed E-state index contributed by atoms with van der Waals surface area (Å²) in [4.78, 5) is 12.0. The molecule has 2 saturated heterocycles. The molecule has 29 heavy (non-hydrogen) atoms. The van der Waals surface area contributed by atoms with E-state index in [9.17, 15) is 15.0 Å². The minimum Gasteiger partial charge on any atom is -0.457 e. The Balaban J connectivity index is 2.14. The fraction of sp³-hybridized carbons (Fsp3) is 0.870. The zero-order chi connectivity index (χ0) is 21.7. The van der Waals surface area contributed by atoms with Crippen LogP contribution < -0.4 is 0 Å². The molecule has 0 aromatic carbocycles. The average Bonchev–Trinajstić information content (AvgIpc) is 2.98. The number of methoxy groups -OCH3 is 1. The largest absolute Gasteiger partial charge is 0.457 e. The van der Waals surface area contributed by atoms with Crippen molar-refractivity contribution in [3.63, 3.8) is 0 Å². The predicted molar refractivity (Wildman–Crippen MR) is 109 cm³/mol. The fourth-order valence-electron chi connectivity index (χ4n) is 6.17. The number of carbonyl (C=O) groups excluding carboxylic acids is 1. The summed E-state index contributed by atoms with van der Waals surface area (Å²) in [5.74, 6) is 0.380. The van der Waals surface area contributed by atoms with Crippen LogP contribution in [0.25, 0.3) is 0 Å². The number of esters is 1. The van der Waals surface area contributed by atoms with Gasteiger partial charge in [-0.2, -0.15) is 0 Å². The van der Waals surface area contributed by atoms with Gasteiger partial charge < -0.3 is 24.4 Å². The van der Waals surface area contributed by atoms with Gasteiger partial charge in [-0.25, -0.2) is 0 Å². The van der Waals surface area contributed by atoms with Crippen molar-refractivity contribution in [3.8, 4) is 0 Å². The maximum Gasteiger partial charge on any atom is 0.303 e. The molecule has 166 valence electrons. The molecule has 3 rings (SSSR count). The number of hydrogen-bond acceptors (Lipinski definition) is 6. The molecule has 0 amide bonds. The van der Waals surface area contributed by atoms with E-state index in [1.54, 1.807) is 14.0 Å². The van der Waals surface area contributed by atoms with E-state index in [-0.39, 0.29) is 42.0 Å². The van der Waals surface area contributed by atoms with E-state index in [1.165, 1.54) is 12.5 Å². The number of ether oxygens (including phenoxy) is 3. The first-order valence-corrected chi connectivity index (χ1v) is 10.9. The standard InChI is InChI=1S/C23H38O6/c1-12(2)18-15(27-7)10-13(3)19-16-11-22(5,26)17(25)8-9-23(6,29-14(4)24)21(28-16)20(18)19/h10,12,15-21,25-26H,8-9,11H2,1-7H3. The van der Waals surface area contributed by atoms with Gasteiger partial charge >= 0.3 is 5.97 Å². The van der Waals surface area contributed by atoms with Crippen LogP contribution in [-0.4, -0.2) is 58.9 Å². The quantitative estimate of drug-likeness (QED) is 0.550. The molecule has 0 aromatic heterocycles. The third kappa shape index (κ3) is 4.01. The molecule has 1 aliphatic carbocycles. The Morgan fingerprint density at radius 3 is 2.55 bits per heavy atom. The number of carbonyl (C=O) groups is 1. The van der Waals surface area contributed by atoms with Crippen LogP contribution in [0.1, 0.15) is 60.8 Å². The van der Waals surface area contributed by atoms with Crippen LogP contribution in [0.15, 0.2) is 11.6 Å². The van der Waals surface area contributed by atoms with Gasteiger partial charge in [0.05, 0.1) is 23.9 Å². The van der Waals surface area contributed by atoms with Gasteiger partial charge in [-0.3, -0.25) is 4.79 Å². The molecule has 2 heterocycles. The van der Waals surface area contributed by atoms with Crippen molar-refractivity contribution < 1.29 is 29.2 Å². The summed E-state index contributed by atoms with van der Waals surface area (Å²) in [7, 11) is 1.74. The second kappa shape index (κ2) is 7.95. The second-order valence-electron chi connectivity index (χ2n) is 10.2. The Morgan fingerprint density at radius 2 is 2.00 bits per heavy atom. The van der Waals surface area contributed by atoms with Crippen LogP contribution in [-0.2, 0) is 19.0 Å². The fourth-order valence-corrected chi connectivity index (χ4v) is 6.17. The van der Waals surface area contributed by atoms with E-state index in [0.29, 0.717) is 25.2 Å². The number of hydrogen-bond donors (Lipinski definition) is 2. The van der Waals surface area contributed by atoms with Gasteiger partial charge in [-0.1, -0.05) is 25.5 Å². The molecular formula is C23H38O6. The summed E-state index contributed by atoms with van der Waals surface area (Å²) in [6, 6.07) is 0. The number of rotatable bonds is 3. The molecule has 6 nitrogen and oxygen atoms in total. The lowest BCUT2D eigenvalue weighted by Gasteiger charge is -2.47. The highest BCUT2D eigenvalue weighted by molar-refractivity contribution is 5.66. The Bertz CT molecular complexity index is 656. The lowest BCUT2D eigenvalue weighted by Crippen LogP contribution is -2.53. The molecule has 2 bridgehead atoms. The Kier molecular flexibility index (Phi) is 6.23. The molecule has 9 unspecified atom stereocenters. The second-order valence-corrected chi connectivity index (χ2v) is 10.2. The number of fused-ring (bicyclic) bond motifs is 5. The van der Waals surface area contributed by atoms with Crippen LogP contribution in [0.5, 0.6) is 0 Å². The van der Waals surface area contributed by atoms with Crippen molar-refractivity contribution in [2.24, 2.45) is 23.7 Å². The first-order valence-electron chi connectivity index (χ1n) is 10.9. The highest BCUT2D eigenvalue weighted by atomic mass is 16.6. The van der Waals surface area contributed by atoms with Crippen molar-refractivity contribution in [1.82, 2.24) is 0 Å². The molecule has 0 aromatic rings. The molecule has 2 N–H and O–H groups in total. The molecule has 0 radical (unpaired) electrons. The Hall–Kier alpha value is -0.950. The van der Waals surface area contributed by atoms with Crippen molar-refractivity contribution in [2.75, 3.05) is 7.11 Å². The van der Waals surface area contributed by atoms with Crippen LogP contribution >= 0.6 is 0 Å². The van der Waals surface area contributed by atoms with Crippen LogP contribution in [0, 0.1) is 23.7 Å². The first-order chi connectivity index (χ1) is 13.4.